The number of amides is 1. The average Bonchev–Trinajstić information content (AvgIpc) is 2.98. The highest BCUT2D eigenvalue weighted by molar-refractivity contribution is 9.10. The minimum Gasteiger partial charge on any atom is -0.457 e. The normalized spacial score (nSPS) is 10.6. The standard InChI is InChI=1S/C20H19BrN4O4/c1-13-4-3-5-17(8-13)29-18-10-15(9-16(11-18)25(27)28)23-20(26)6-7-24-14(2)19(21)12-22-24/h3-5,8-12H,6-7H2,1-2H3,(H,23,26). The van der Waals surface area contributed by atoms with Gasteiger partial charge in [0.2, 0.25) is 5.91 Å². The summed E-state index contributed by atoms with van der Waals surface area (Å²) in [5.74, 6) is 0.549. The van der Waals surface area contributed by atoms with Crippen molar-refractivity contribution < 1.29 is 14.5 Å². The van der Waals surface area contributed by atoms with Gasteiger partial charge in [-0.3, -0.25) is 19.6 Å². The average molecular weight is 459 g/mol. The number of nitro benzene ring substituents is 1. The molecule has 9 heteroatoms. The molecule has 3 rings (SSSR count). The quantitative estimate of drug-likeness (QED) is 0.396. The van der Waals surface area contributed by atoms with E-state index in [0.29, 0.717) is 18.0 Å². The molecule has 3 aromatic rings. The van der Waals surface area contributed by atoms with Crippen LogP contribution in [0.25, 0.3) is 0 Å². The molecular formula is C20H19BrN4O4. The first kappa shape index (κ1) is 20.5. The van der Waals surface area contributed by atoms with Gasteiger partial charge in [-0.15, -0.1) is 0 Å². The number of carbonyl (C=O) groups excluding carboxylic acids is 1. The van der Waals surface area contributed by atoms with Crippen molar-refractivity contribution >= 4 is 33.2 Å². The van der Waals surface area contributed by atoms with Crippen molar-refractivity contribution in [3.63, 3.8) is 0 Å². The number of hydrogen-bond donors (Lipinski definition) is 1. The molecule has 0 aliphatic heterocycles. The van der Waals surface area contributed by atoms with Crippen LogP contribution < -0.4 is 10.1 Å². The minimum atomic E-state index is -0.524. The Labute approximate surface area is 175 Å². The fraction of sp³-hybridized carbons (Fsp3) is 0.200. The molecule has 0 radical (unpaired) electrons. The van der Waals surface area contributed by atoms with Crippen LogP contribution in [0.5, 0.6) is 11.5 Å². The van der Waals surface area contributed by atoms with Crippen molar-refractivity contribution in [3.05, 3.63) is 74.5 Å². The Morgan fingerprint density at radius 2 is 2.03 bits per heavy atom. The van der Waals surface area contributed by atoms with Crippen LogP contribution in [0.2, 0.25) is 0 Å². The summed E-state index contributed by atoms with van der Waals surface area (Å²) < 4.78 is 8.33. The lowest BCUT2D eigenvalue weighted by atomic mass is 10.2. The summed E-state index contributed by atoms with van der Waals surface area (Å²) in [7, 11) is 0. The van der Waals surface area contributed by atoms with E-state index in [1.807, 2.05) is 32.0 Å². The van der Waals surface area contributed by atoms with Crippen molar-refractivity contribution in [3.8, 4) is 11.5 Å². The Morgan fingerprint density at radius 3 is 2.69 bits per heavy atom. The number of hydrogen-bond acceptors (Lipinski definition) is 5. The summed E-state index contributed by atoms with van der Waals surface area (Å²) in [6, 6.07) is 11.5. The summed E-state index contributed by atoms with van der Waals surface area (Å²) in [5.41, 5.74) is 2.05. The van der Waals surface area contributed by atoms with E-state index in [2.05, 4.69) is 26.3 Å². The van der Waals surface area contributed by atoms with Gasteiger partial charge in [0.25, 0.3) is 5.69 Å². The number of aromatic nitrogens is 2. The van der Waals surface area contributed by atoms with E-state index < -0.39 is 4.92 Å². The third-order valence-corrected chi connectivity index (χ3v) is 4.98. The molecule has 0 fully saturated rings. The summed E-state index contributed by atoms with van der Waals surface area (Å²) >= 11 is 3.38. The van der Waals surface area contributed by atoms with Gasteiger partial charge in [-0.25, -0.2) is 0 Å². The van der Waals surface area contributed by atoms with E-state index in [1.165, 1.54) is 12.1 Å². The first-order valence-corrected chi connectivity index (χ1v) is 9.63. The largest absolute Gasteiger partial charge is 0.457 e. The number of aryl methyl sites for hydroxylation is 2. The highest BCUT2D eigenvalue weighted by Crippen LogP contribution is 2.30. The summed E-state index contributed by atoms with van der Waals surface area (Å²) in [4.78, 5) is 23.1. The number of carbonyl (C=O) groups is 1. The number of halogens is 1. The monoisotopic (exact) mass is 458 g/mol. The maximum absolute atomic E-state index is 12.3. The molecule has 0 unspecified atom stereocenters. The minimum absolute atomic E-state index is 0.169. The SMILES string of the molecule is Cc1cccc(Oc2cc(NC(=O)CCn3ncc(Br)c3C)cc([N+](=O)[O-])c2)c1. The van der Waals surface area contributed by atoms with E-state index >= 15 is 0 Å². The Bertz CT molecular complexity index is 1060. The molecule has 0 aliphatic carbocycles. The molecule has 1 aromatic heterocycles. The molecule has 0 saturated heterocycles. The number of nitrogens with one attached hydrogen (secondary N) is 1. The van der Waals surface area contributed by atoms with E-state index in [1.54, 1.807) is 23.0 Å². The van der Waals surface area contributed by atoms with Crippen molar-refractivity contribution in [2.24, 2.45) is 0 Å². The van der Waals surface area contributed by atoms with Crippen LogP contribution in [-0.4, -0.2) is 20.6 Å². The zero-order valence-corrected chi connectivity index (χ0v) is 17.5. The second-order valence-corrected chi connectivity index (χ2v) is 7.34. The van der Waals surface area contributed by atoms with Crippen LogP contribution in [0.15, 0.2) is 53.1 Å². The van der Waals surface area contributed by atoms with Gasteiger partial charge in [0.1, 0.15) is 11.5 Å². The van der Waals surface area contributed by atoms with Crippen LogP contribution in [0.1, 0.15) is 17.7 Å². The molecule has 1 amide bonds. The van der Waals surface area contributed by atoms with Gasteiger partial charge in [-0.05, 0) is 47.5 Å². The number of nitro groups is 1. The van der Waals surface area contributed by atoms with E-state index in [9.17, 15) is 14.9 Å². The molecule has 0 atom stereocenters. The molecule has 1 N–H and O–H groups in total. The van der Waals surface area contributed by atoms with Gasteiger partial charge in [-0.1, -0.05) is 12.1 Å². The molecule has 0 spiro atoms. The van der Waals surface area contributed by atoms with Crippen LogP contribution in [0, 0.1) is 24.0 Å². The molecule has 29 heavy (non-hydrogen) atoms. The smallest absolute Gasteiger partial charge is 0.275 e. The number of rotatable bonds is 7. The van der Waals surface area contributed by atoms with Gasteiger partial charge >= 0.3 is 0 Å². The molecule has 0 bridgehead atoms. The van der Waals surface area contributed by atoms with Crippen LogP contribution in [0.4, 0.5) is 11.4 Å². The summed E-state index contributed by atoms with van der Waals surface area (Å²) in [5, 5.41) is 18.1. The van der Waals surface area contributed by atoms with Crippen LogP contribution in [-0.2, 0) is 11.3 Å². The van der Waals surface area contributed by atoms with Crippen LogP contribution >= 0.6 is 15.9 Å². The predicted molar refractivity (Wildman–Crippen MR) is 112 cm³/mol. The summed E-state index contributed by atoms with van der Waals surface area (Å²) in [6.07, 6.45) is 1.84. The third-order valence-electron chi connectivity index (χ3n) is 4.21. The van der Waals surface area contributed by atoms with E-state index in [4.69, 9.17) is 4.74 Å². The second-order valence-electron chi connectivity index (χ2n) is 6.49. The van der Waals surface area contributed by atoms with Crippen molar-refractivity contribution in [1.82, 2.24) is 9.78 Å². The number of ether oxygens (including phenoxy) is 1. The summed E-state index contributed by atoms with van der Waals surface area (Å²) in [6.45, 7) is 4.21. The van der Waals surface area contributed by atoms with Gasteiger partial charge in [0.15, 0.2) is 0 Å². The van der Waals surface area contributed by atoms with Crippen molar-refractivity contribution in [2.75, 3.05) is 5.32 Å². The first-order valence-electron chi connectivity index (χ1n) is 8.83. The van der Waals surface area contributed by atoms with Crippen molar-refractivity contribution in [1.29, 1.82) is 0 Å². The zero-order valence-electron chi connectivity index (χ0n) is 15.9. The second kappa shape index (κ2) is 8.87. The lowest BCUT2D eigenvalue weighted by Crippen LogP contribution is -2.15. The molecular weight excluding hydrogens is 440 g/mol. The van der Waals surface area contributed by atoms with E-state index in [-0.39, 0.29) is 23.8 Å². The molecule has 2 aromatic carbocycles. The maximum atomic E-state index is 12.3. The first-order chi connectivity index (χ1) is 13.8. The topological polar surface area (TPSA) is 99.3 Å². The van der Waals surface area contributed by atoms with Crippen LogP contribution in [0.3, 0.4) is 0 Å². The fourth-order valence-electron chi connectivity index (χ4n) is 2.71. The molecule has 150 valence electrons. The maximum Gasteiger partial charge on any atom is 0.275 e. The Hall–Kier alpha value is -3.20. The highest BCUT2D eigenvalue weighted by atomic mass is 79.9. The van der Waals surface area contributed by atoms with Gasteiger partial charge in [-0.2, -0.15) is 5.10 Å². The molecule has 1 heterocycles. The molecule has 8 nitrogen and oxygen atoms in total. The number of nitrogens with zero attached hydrogens (tertiary/aromatic N) is 3. The van der Waals surface area contributed by atoms with Gasteiger partial charge < -0.3 is 10.1 Å². The third kappa shape index (κ3) is 5.41. The Kier molecular flexibility index (Phi) is 6.28. The van der Waals surface area contributed by atoms with Crippen molar-refractivity contribution in [2.45, 2.75) is 26.8 Å². The Balaban J connectivity index is 1.73. The number of non-ortho nitro benzene ring substituents is 1. The lowest BCUT2D eigenvalue weighted by Gasteiger charge is -2.10. The van der Waals surface area contributed by atoms with Gasteiger partial charge in [0.05, 0.1) is 33.9 Å². The lowest BCUT2D eigenvalue weighted by molar-refractivity contribution is -0.384. The molecule has 0 saturated carbocycles. The molecule has 0 aliphatic rings. The number of benzene rings is 2. The zero-order chi connectivity index (χ0) is 21.0. The van der Waals surface area contributed by atoms with Gasteiger partial charge in [0, 0.05) is 24.2 Å². The predicted octanol–water partition coefficient (Wildman–Crippen LogP) is 4.99. The van der Waals surface area contributed by atoms with E-state index in [0.717, 1.165) is 15.7 Å². The Morgan fingerprint density at radius 1 is 1.24 bits per heavy atom. The number of anilines is 1. The highest BCUT2D eigenvalue weighted by Gasteiger charge is 2.14. The fourth-order valence-corrected chi connectivity index (χ4v) is 3.01.